The van der Waals surface area contributed by atoms with E-state index in [0.29, 0.717) is 0 Å². The predicted octanol–water partition coefficient (Wildman–Crippen LogP) is -2.09. The van der Waals surface area contributed by atoms with Crippen LogP contribution in [-0.2, 0) is 0 Å². The Morgan fingerprint density at radius 3 is 1.78 bits per heavy atom. The number of hydrogen-bond donors (Lipinski definition) is 4. The van der Waals surface area contributed by atoms with Gasteiger partial charge in [0, 0.05) is 6.54 Å². The summed E-state index contributed by atoms with van der Waals surface area (Å²) in [6.07, 6.45) is -1.34. The molecule has 5 N–H and O–H groups in total. The fourth-order valence-corrected chi connectivity index (χ4v) is 0. The van der Waals surface area contributed by atoms with Gasteiger partial charge in [-0.2, -0.15) is 0 Å². The molecule has 0 spiro atoms. The number of aliphatic hydroxyl groups excluding tert-OH is 1. The van der Waals surface area contributed by atoms with E-state index in [-0.39, 0.29) is 6.54 Å². The van der Waals surface area contributed by atoms with Crippen molar-refractivity contribution in [2.24, 2.45) is 5.73 Å². The van der Waals surface area contributed by atoms with Gasteiger partial charge >= 0.3 is 0 Å². The standard InChI is InChI=1S/C2H7NO2.HNO3/c3-1-2(4)5;2-1(3)4/h2,4-5H,1,3H2;(H,2,3,4). The van der Waals surface area contributed by atoms with E-state index in [9.17, 15) is 0 Å². The van der Waals surface area contributed by atoms with Gasteiger partial charge in [-0.25, -0.2) is 0 Å². The summed E-state index contributed by atoms with van der Waals surface area (Å²) < 4.78 is 0. The van der Waals surface area contributed by atoms with Crippen LogP contribution < -0.4 is 5.73 Å². The van der Waals surface area contributed by atoms with Crippen molar-refractivity contribution < 1.29 is 20.5 Å². The number of aliphatic hydroxyl groups is 2. The molecule has 7 nitrogen and oxygen atoms in total. The van der Waals surface area contributed by atoms with E-state index in [2.05, 4.69) is 5.73 Å². The van der Waals surface area contributed by atoms with E-state index < -0.39 is 11.4 Å². The maximum absolute atomic E-state index is 8.36. The first-order chi connectivity index (χ1) is 4.00. The van der Waals surface area contributed by atoms with Gasteiger partial charge in [0.2, 0.25) is 0 Å². The first kappa shape index (κ1) is 11.0. The minimum atomic E-state index is -1.50. The second kappa shape index (κ2) is 7.08. The van der Waals surface area contributed by atoms with E-state index in [1.165, 1.54) is 0 Å². The largest absolute Gasteiger partial charge is 0.367 e. The van der Waals surface area contributed by atoms with Gasteiger partial charge < -0.3 is 21.2 Å². The highest BCUT2D eigenvalue weighted by Crippen LogP contribution is 1.58. The van der Waals surface area contributed by atoms with Crippen LogP contribution in [0, 0.1) is 10.1 Å². The van der Waals surface area contributed by atoms with Gasteiger partial charge in [-0.3, -0.25) is 0 Å². The summed E-state index contributed by atoms with van der Waals surface area (Å²) in [4.78, 5) is 8.36. The summed E-state index contributed by atoms with van der Waals surface area (Å²) in [6, 6.07) is 0. The van der Waals surface area contributed by atoms with Gasteiger partial charge in [0.25, 0.3) is 5.09 Å². The van der Waals surface area contributed by atoms with Crippen LogP contribution in [0.15, 0.2) is 0 Å². The molecule has 56 valence electrons. The van der Waals surface area contributed by atoms with Crippen molar-refractivity contribution in [2.75, 3.05) is 6.54 Å². The molecule has 0 saturated heterocycles. The molecule has 0 aromatic heterocycles. The van der Waals surface area contributed by atoms with Gasteiger partial charge in [-0.1, -0.05) is 0 Å². The van der Waals surface area contributed by atoms with Crippen molar-refractivity contribution in [3.05, 3.63) is 10.1 Å². The topological polar surface area (TPSA) is 130 Å². The predicted molar refractivity (Wildman–Crippen MR) is 26.1 cm³/mol. The molecule has 0 aromatic carbocycles. The molecular formula is C2H8N2O5. The van der Waals surface area contributed by atoms with Crippen LogP contribution in [0.3, 0.4) is 0 Å². The normalized spacial score (nSPS) is 8.00. The molecule has 0 aliphatic heterocycles. The molecular weight excluding hydrogens is 132 g/mol. The van der Waals surface area contributed by atoms with Crippen LogP contribution in [0.25, 0.3) is 0 Å². The molecule has 7 heteroatoms. The Labute approximate surface area is 50.4 Å². The van der Waals surface area contributed by atoms with Crippen LogP contribution in [0.1, 0.15) is 0 Å². The summed E-state index contributed by atoms with van der Waals surface area (Å²) in [5.41, 5.74) is 4.67. The molecule has 0 saturated carbocycles. The minimum Gasteiger partial charge on any atom is -0.367 e. The zero-order chi connectivity index (χ0) is 7.86. The Morgan fingerprint density at radius 2 is 1.78 bits per heavy atom. The monoisotopic (exact) mass is 140 g/mol. The van der Waals surface area contributed by atoms with Gasteiger partial charge in [0.05, 0.1) is 0 Å². The molecule has 0 aromatic rings. The van der Waals surface area contributed by atoms with E-state index in [1.54, 1.807) is 0 Å². The van der Waals surface area contributed by atoms with Crippen LogP contribution in [0.4, 0.5) is 0 Å². The van der Waals surface area contributed by atoms with Crippen LogP contribution >= 0.6 is 0 Å². The van der Waals surface area contributed by atoms with Crippen LogP contribution in [-0.4, -0.2) is 33.3 Å². The third kappa shape index (κ3) is 157. The molecule has 0 radical (unpaired) electrons. The van der Waals surface area contributed by atoms with Gasteiger partial charge in [0.15, 0.2) is 6.29 Å². The molecule has 0 unspecified atom stereocenters. The highest BCUT2D eigenvalue weighted by molar-refractivity contribution is 4.28. The molecule has 0 aliphatic carbocycles. The fourth-order valence-electron chi connectivity index (χ4n) is 0. The minimum absolute atomic E-state index is 0.0833. The Morgan fingerprint density at radius 1 is 1.67 bits per heavy atom. The Kier molecular flexibility index (Phi) is 8.62. The van der Waals surface area contributed by atoms with Gasteiger partial charge in [0.1, 0.15) is 0 Å². The molecule has 0 rings (SSSR count). The number of nitrogens with two attached hydrogens (primary N) is 1. The quantitative estimate of drug-likeness (QED) is 0.187. The average Bonchev–Trinajstić information content (AvgIpc) is 1.65. The van der Waals surface area contributed by atoms with Crippen molar-refractivity contribution in [3.8, 4) is 0 Å². The number of rotatable bonds is 1. The van der Waals surface area contributed by atoms with Crippen molar-refractivity contribution in [1.29, 1.82) is 0 Å². The fraction of sp³-hybridized carbons (Fsp3) is 1.00. The molecule has 0 atom stereocenters. The number of hydrogen-bond acceptors (Lipinski definition) is 5. The lowest BCUT2D eigenvalue weighted by Gasteiger charge is -1.90. The first-order valence-corrected chi connectivity index (χ1v) is 1.90. The van der Waals surface area contributed by atoms with Crippen molar-refractivity contribution in [2.45, 2.75) is 6.29 Å². The van der Waals surface area contributed by atoms with E-state index in [4.69, 9.17) is 25.5 Å². The molecule has 0 aliphatic rings. The lowest BCUT2D eigenvalue weighted by molar-refractivity contribution is -0.742. The molecule has 0 fully saturated rings. The Balaban J connectivity index is 0. The lowest BCUT2D eigenvalue weighted by Crippen LogP contribution is -2.17. The summed E-state index contributed by atoms with van der Waals surface area (Å²) in [5, 5.41) is 29.2. The summed E-state index contributed by atoms with van der Waals surface area (Å²) >= 11 is 0. The maximum Gasteiger partial charge on any atom is 0.291 e. The zero-order valence-electron chi connectivity index (χ0n) is 4.47. The van der Waals surface area contributed by atoms with Crippen molar-refractivity contribution in [1.82, 2.24) is 0 Å². The smallest absolute Gasteiger partial charge is 0.291 e. The summed E-state index contributed by atoms with van der Waals surface area (Å²) in [5.74, 6) is 0. The van der Waals surface area contributed by atoms with Gasteiger partial charge in [-0.05, 0) is 0 Å². The van der Waals surface area contributed by atoms with Gasteiger partial charge in [-0.15, -0.1) is 10.1 Å². The van der Waals surface area contributed by atoms with Crippen LogP contribution in [0.2, 0.25) is 0 Å². The third-order valence-corrected chi connectivity index (χ3v) is 0.211. The van der Waals surface area contributed by atoms with Crippen molar-refractivity contribution in [3.63, 3.8) is 0 Å². The summed E-state index contributed by atoms with van der Waals surface area (Å²) in [7, 11) is 0. The molecule has 0 amide bonds. The van der Waals surface area contributed by atoms with E-state index in [1.807, 2.05) is 0 Å². The number of nitrogens with zero attached hydrogens (tertiary/aromatic N) is 1. The highest BCUT2D eigenvalue weighted by atomic mass is 16.9. The maximum atomic E-state index is 8.36. The van der Waals surface area contributed by atoms with Crippen molar-refractivity contribution >= 4 is 0 Å². The highest BCUT2D eigenvalue weighted by Gasteiger charge is 1.83. The molecule has 0 bridgehead atoms. The molecule has 0 heterocycles. The van der Waals surface area contributed by atoms with E-state index >= 15 is 0 Å². The Bertz CT molecular complexity index is 69.4. The molecule has 9 heavy (non-hydrogen) atoms. The SMILES string of the molecule is NCC(O)O.O=[N+]([O-])O. The second-order valence-corrected chi connectivity index (χ2v) is 0.954. The third-order valence-electron chi connectivity index (χ3n) is 0.211. The van der Waals surface area contributed by atoms with E-state index in [0.717, 1.165) is 0 Å². The zero-order valence-corrected chi connectivity index (χ0v) is 4.47. The summed E-state index contributed by atoms with van der Waals surface area (Å²) in [6.45, 7) is -0.0833. The van der Waals surface area contributed by atoms with Crippen LogP contribution in [0.5, 0.6) is 0 Å². The first-order valence-electron chi connectivity index (χ1n) is 1.90. The lowest BCUT2D eigenvalue weighted by atomic mass is 10.7. The Hall–Kier alpha value is -0.920. The second-order valence-electron chi connectivity index (χ2n) is 0.954. The average molecular weight is 140 g/mol.